The molecule has 4 aliphatic rings. The van der Waals surface area contributed by atoms with Crippen molar-refractivity contribution in [1.82, 2.24) is 20.0 Å². The number of ether oxygens (including phenoxy) is 1. The smallest absolute Gasteiger partial charge is 0.410 e. The zero-order valence-electron chi connectivity index (χ0n) is 19.3. The van der Waals surface area contributed by atoms with Gasteiger partial charge in [0.15, 0.2) is 0 Å². The molecule has 4 rings (SSSR count). The minimum Gasteiger partial charge on any atom is -0.444 e. The van der Waals surface area contributed by atoms with Crippen LogP contribution in [0.15, 0.2) is 0 Å². The first-order chi connectivity index (χ1) is 12.8. The Kier molecular flexibility index (Phi) is 12.9. The van der Waals surface area contributed by atoms with Gasteiger partial charge < -0.3 is 15.0 Å². The highest BCUT2D eigenvalue weighted by atomic mass is 35.5. The van der Waals surface area contributed by atoms with Crippen LogP contribution in [0.2, 0.25) is 0 Å². The second kappa shape index (κ2) is 12.9. The van der Waals surface area contributed by atoms with E-state index in [1.807, 2.05) is 25.7 Å². The van der Waals surface area contributed by atoms with E-state index in [4.69, 9.17) is 4.74 Å². The van der Waals surface area contributed by atoms with E-state index in [0.29, 0.717) is 12.1 Å². The fourth-order valence-corrected chi connectivity index (χ4v) is 5.01. The van der Waals surface area contributed by atoms with E-state index in [0.717, 1.165) is 44.6 Å². The normalized spacial score (nSPS) is 30.2. The molecule has 4 aliphatic heterocycles. The largest absolute Gasteiger partial charge is 0.444 e. The predicted octanol–water partition coefficient (Wildman–Crippen LogP) is 3.80. The molecule has 0 aliphatic carbocycles. The van der Waals surface area contributed by atoms with Gasteiger partial charge in [-0.1, -0.05) is 13.8 Å². The van der Waals surface area contributed by atoms with Gasteiger partial charge in [0.05, 0.1) is 0 Å². The molecule has 6 nitrogen and oxygen atoms in total. The lowest BCUT2D eigenvalue weighted by molar-refractivity contribution is -0.00368. The molecule has 30 heavy (non-hydrogen) atoms. The van der Waals surface area contributed by atoms with Crippen molar-refractivity contribution in [3.8, 4) is 0 Å². The molecule has 4 fully saturated rings. The molecular formula is C21H43Cl3N4O2. The van der Waals surface area contributed by atoms with E-state index in [1.54, 1.807) is 0 Å². The van der Waals surface area contributed by atoms with Crippen LogP contribution in [-0.4, -0.2) is 89.8 Å². The lowest BCUT2D eigenvalue weighted by atomic mass is 10.2. The fourth-order valence-electron chi connectivity index (χ4n) is 5.01. The first kappa shape index (κ1) is 30.0. The molecule has 180 valence electrons. The zero-order chi connectivity index (χ0) is 19.6. The molecule has 4 heterocycles. The van der Waals surface area contributed by atoms with E-state index in [9.17, 15) is 4.79 Å². The van der Waals surface area contributed by atoms with Gasteiger partial charge in [0.1, 0.15) is 5.60 Å². The molecule has 0 aromatic carbocycles. The van der Waals surface area contributed by atoms with Gasteiger partial charge in [-0.15, -0.1) is 37.2 Å². The number of amides is 1. The maximum atomic E-state index is 12.2. The van der Waals surface area contributed by atoms with E-state index in [-0.39, 0.29) is 43.3 Å². The summed E-state index contributed by atoms with van der Waals surface area (Å²) in [5.74, 6) is 0. The first-order valence-corrected chi connectivity index (χ1v) is 11.0. The number of fused-ring (bicyclic) bond motifs is 4. The van der Waals surface area contributed by atoms with Crippen molar-refractivity contribution in [2.45, 2.75) is 90.1 Å². The number of likely N-dealkylation sites (tertiary alicyclic amines) is 2. The zero-order valence-corrected chi connectivity index (χ0v) is 21.7. The Labute approximate surface area is 202 Å². The molecule has 1 N–H and O–H groups in total. The number of carbonyl (C=O) groups excluding carboxylic acids is 1. The van der Waals surface area contributed by atoms with Crippen LogP contribution >= 0.6 is 37.2 Å². The Bertz CT molecular complexity index is 495. The van der Waals surface area contributed by atoms with Gasteiger partial charge in [-0.05, 0) is 59.5 Å². The Morgan fingerprint density at radius 1 is 0.833 bits per heavy atom. The van der Waals surface area contributed by atoms with Crippen LogP contribution < -0.4 is 5.32 Å². The molecule has 0 saturated carbocycles. The Morgan fingerprint density at radius 2 is 1.27 bits per heavy atom. The second-order valence-electron chi connectivity index (χ2n) is 9.61. The lowest BCUT2D eigenvalue weighted by Crippen LogP contribution is -2.56. The van der Waals surface area contributed by atoms with Gasteiger partial charge in [0.2, 0.25) is 0 Å². The molecule has 0 spiro atoms. The SMILES string of the molecule is CCN1CC2CCC(C1)N2.CCN1CC2CCC(C1)N2C(=O)OC(C)(C)C.Cl.Cl.Cl. The molecule has 0 aromatic heterocycles. The van der Waals surface area contributed by atoms with Crippen molar-refractivity contribution in [3.63, 3.8) is 0 Å². The van der Waals surface area contributed by atoms with Crippen molar-refractivity contribution in [1.29, 1.82) is 0 Å². The van der Waals surface area contributed by atoms with Crippen LogP contribution in [0, 0.1) is 0 Å². The maximum absolute atomic E-state index is 12.2. The third kappa shape index (κ3) is 7.86. The molecule has 4 bridgehead atoms. The Balaban J connectivity index is 0.000000561. The van der Waals surface area contributed by atoms with Gasteiger partial charge in [-0.2, -0.15) is 0 Å². The van der Waals surface area contributed by atoms with Gasteiger partial charge in [-0.3, -0.25) is 9.80 Å². The summed E-state index contributed by atoms with van der Waals surface area (Å²) in [6.07, 6.45) is 4.93. The number of nitrogens with one attached hydrogen (secondary N) is 1. The number of hydrogen-bond donors (Lipinski definition) is 1. The highest BCUT2D eigenvalue weighted by Crippen LogP contribution is 2.31. The topological polar surface area (TPSA) is 48.0 Å². The summed E-state index contributed by atoms with van der Waals surface area (Å²) in [6.45, 7) is 17.1. The van der Waals surface area contributed by atoms with Crippen LogP contribution in [0.3, 0.4) is 0 Å². The number of carbonyl (C=O) groups is 1. The highest BCUT2D eigenvalue weighted by Gasteiger charge is 2.43. The van der Waals surface area contributed by atoms with Crippen LogP contribution in [0.1, 0.15) is 60.3 Å². The van der Waals surface area contributed by atoms with Crippen LogP contribution in [0.25, 0.3) is 0 Å². The summed E-state index contributed by atoms with van der Waals surface area (Å²) < 4.78 is 5.50. The molecule has 0 aromatic rings. The van der Waals surface area contributed by atoms with Gasteiger partial charge in [-0.25, -0.2) is 4.79 Å². The van der Waals surface area contributed by atoms with Crippen LogP contribution in [0.5, 0.6) is 0 Å². The van der Waals surface area contributed by atoms with Crippen molar-refractivity contribution < 1.29 is 9.53 Å². The van der Waals surface area contributed by atoms with E-state index < -0.39 is 5.60 Å². The standard InChI is InChI=1S/C13H24N2O2.C8H16N2.3ClH/c1-5-14-8-10-6-7-11(9-14)15(10)12(16)17-13(2,3)4;1-2-10-5-7-3-4-8(6-10)9-7;;;/h10-11H,5-9H2,1-4H3;7-9H,2-6H2,1H3;3*1H. The monoisotopic (exact) mass is 488 g/mol. The Morgan fingerprint density at radius 3 is 1.67 bits per heavy atom. The first-order valence-electron chi connectivity index (χ1n) is 11.0. The number of hydrogen-bond acceptors (Lipinski definition) is 5. The minimum atomic E-state index is -0.390. The number of nitrogens with zero attached hydrogens (tertiary/aromatic N) is 3. The average molecular weight is 490 g/mol. The molecule has 9 heteroatoms. The van der Waals surface area contributed by atoms with Crippen LogP contribution in [-0.2, 0) is 4.74 Å². The number of halogens is 3. The molecule has 4 atom stereocenters. The molecule has 0 radical (unpaired) electrons. The second-order valence-corrected chi connectivity index (χ2v) is 9.61. The summed E-state index contributed by atoms with van der Waals surface area (Å²) in [4.78, 5) is 19.1. The molecule has 4 saturated heterocycles. The molecule has 4 unspecified atom stereocenters. The lowest BCUT2D eigenvalue weighted by Gasteiger charge is -2.41. The summed E-state index contributed by atoms with van der Waals surface area (Å²) >= 11 is 0. The maximum Gasteiger partial charge on any atom is 0.410 e. The predicted molar refractivity (Wildman–Crippen MR) is 131 cm³/mol. The van der Waals surface area contributed by atoms with E-state index in [1.165, 1.54) is 32.5 Å². The number of rotatable bonds is 2. The van der Waals surface area contributed by atoms with Crippen molar-refractivity contribution >= 4 is 43.3 Å². The molecular weight excluding hydrogens is 447 g/mol. The van der Waals surface area contributed by atoms with Crippen molar-refractivity contribution in [2.75, 3.05) is 39.3 Å². The van der Waals surface area contributed by atoms with E-state index >= 15 is 0 Å². The summed E-state index contributed by atoms with van der Waals surface area (Å²) in [5, 5.41) is 3.61. The molecule has 1 amide bonds. The van der Waals surface area contributed by atoms with Crippen molar-refractivity contribution in [3.05, 3.63) is 0 Å². The summed E-state index contributed by atoms with van der Waals surface area (Å²) in [6, 6.07) is 2.37. The quantitative estimate of drug-likeness (QED) is 0.639. The average Bonchev–Trinajstić information content (AvgIpc) is 3.09. The van der Waals surface area contributed by atoms with Gasteiger partial charge >= 0.3 is 6.09 Å². The minimum absolute atomic E-state index is 0. The van der Waals surface area contributed by atoms with Gasteiger partial charge in [0.25, 0.3) is 0 Å². The third-order valence-electron chi connectivity index (χ3n) is 6.35. The van der Waals surface area contributed by atoms with Gasteiger partial charge in [0, 0.05) is 50.3 Å². The van der Waals surface area contributed by atoms with Crippen molar-refractivity contribution in [2.24, 2.45) is 0 Å². The summed E-state index contributed by atoms with van der Waals surface area (Å²) in [5.41, 5.74) is -0.390. The third-order valence-corrected chi connectivity index (χ3v) is 6.35. The van der Waals surface area contributed by atoms with E-state index in [2.05, 4.69) is 29.0 Å². The fraction of sp³-hybridized carbons (Fsp3) is 0.952. The Hall–Kier alpha value is 0.0200. The summed E-state index contributed by atoms with van der Waals surface area (Å²) in [7, 11) is 0. The highest BCUT2D eigenvalue weighted by molar-refractivity contribution is 5.86. The number of likely N-dealkylation sites (N-methyl/N-ethyl adjacent to an activating group) is 2. The van der Waals surface area contributed by atoms with Crippen LogP contribution in [0.4, 0.5) is 4.79 Å². The number of piperazine rings is 2.